The summed E-state index contributed by atoms with van der Waals surface area (Å²) in [6, 6.07) is 12.2. The van der Waals surface area contributed by atoms with Gasteiger partial charge < -0.3 is 19.3 Å². The Morgan fingerprint density at radius 1 is 0.824 bits per heavy atom. The predicted molar refractivity (Wildman–Crippen MR) is 133 cm³/mol. The minimum atomic E-state index is -0.837. The van der Waals surface area contributed by atoms with E-state index in [1.165, 1.54) is 38.5 Å². The molecule has 2 rings (SSSR count). The Kier molecular flexibility index (Phi) is 12.6. The standard InChI is InChI=1S/C28H38O6/c1-3-5-6-7-8-9-10-11-20-33-26-21-25(18-12-22(26)15-19-27(29)30)34-24-16-13-23(14-17-24)28(31)32-4-2/h12-14,16-18,21H,3-11,15,19-20H2,1-2H3,(H,29,30). The van der Waals surface area contributed by atoms with Crippen LogP contribution in [0.2, 0.25) is 0 Å². The molecule has 0 aliphatic rings. The molecule has 0 spiro atoms. The van der Waals surface area contributed by atoms with Crippen LogP contribution >= 0.6 is 0 Å². The molecule has 6 nitrogen and oxygen atoms in total. The molecule has 34 heavy (non-hydrogen) atoms. The van der Waals surface area contributed by atoms with Crippen LogP contribution in [0.15, 0.2) is 42.5 Å². The summed E-state index contributed by atoms with van der Waals surface area (Å²) >= 11 is 0. The number of ether oxygens (including phenoxy) is 3. The van der Waals surface area contributed by atoms with Crippen LogP contribution < -0.4 is 9.47 Å². The number of unbranched alkanes of at least 4 members (excludes halogenated alkanes) is 7. The number of rotatable bonds is 17. The van der Waals surface area contributed by atoms with Crippen molar-refractivity contribution in [3.63, 3.8) is 0 Å². The van der Waals surface area contributed by atoms with Gasteiger partial charge >= 0.3 is 11.9 Å². The maximum atomic E-state index is 11.8. The molecule has 0 unspecified atom stereocenters. The van der Waals surface area contributed by atoms with Crippen molar-refractivity contribution in [3.8, 4) is 17.2 Å². The lowest BCUT2D eigenvalue weighted by molar-refractivity contribution is -0.136. The third-order valence-corrected chi connectivity index (χ3v) is 5.50. The number of hydrogen-bond donors (Lipinski definition) is 1. The molecule has 1 N–H and O–H groups in total. The molecule has 0 saturated carbocycles. The fraction of sp³-hybridized carbons (Fsp3) is 0.500. The molecular formula is C28H38O6. The van der Waals surface area contributed by atoms with Crippen LogP contribution in [0.5, 0.6) is 17.2 Å². The summed E-state index contributed by atoms with van der Waals surface area (Å²) in [6.07, 6.45) is 10.2. The van der Waals surface area contributed by atoms with Gasteiger partial charge in [0.05, 0.1) is 18.8 Å². The smallest absolute Gasteiger partial charge is 0.338 e. The van der Waals surface area contributed by atoms with Gasteiger partial charge in [-0.3, -0.25) is 4.79 Å². The van der Waals surface area contributed by atoms with Gasteiger partial charge in [-0.1, -0.05) is 57.9 Å². The van der Waals surface area contributed by atoms with Crippen molar-refractivity contribution in [3.05, 3.63) is 53.6 Å². The lowest BCUT2D eigenvalue weighted by Crippen LogP contribution is -2.04. The zero-order valence-electron chi connectivity index (χ0n) is 20.5. The fourth-order valence-electron chi connectivity index (χ4n) is 3.61. The average molecular weight is 471 g/mol. The summed E-state index contributed by atoms with van der Waals surface area (Å²) in [7, 11) is 0. The number of esters is 1. The number of carboxylic acids is 1. The molecule has 2 aromatic carbocycles. The number of aryl methyl sites for hydroxylation is 1. The quantitative estimate of drug-likeness (QED) is 0.195. The highest BCUT2D eigenvalue weighted by atomic mass is 16.5. The largest absolute Gasteiger partial charge is 0.493 e. The van der Waals surface area contributed by atoms with Gasteiger partial charge in [-0.25, -0.2) is 4.79 Å². The normalized spacial score (nSPS) is 10.6. The van der Waals surface area contributed by atoms with E-state index in [9.17, 15) is 9.59 Å². The summed E-state index contributed by atoms with van der Waals surface area (Å²) in [6.45, 7) is 4.91. The molecule has 0 atom stereocenters. The molecule has 0 aliphatic carbocycles. The summed E-state index contributed by atoms with van der Waals surface area (Å²) in [5.41, 5.74) is 1.32. The van der Waals surface area contributed by atoms with Gasteiger partial charge in [0.25, 0.3) is 0 Å². The number of benzene rings is 2. The van der Waals surface area contributed by atoms with Gasteiger partial charge in [0.1, 0.15) is 17.2 Å². The number of carboxylic acid groups (broad SMARTS) is 1. The van der Waals surface area contributed by atoms with Gasteiger partial charge in [0.15, 0.2) is 0 Å². The highest BCUT2D eigenvalue weighted by Gasteiger charge is 2.11. The second-order valence-electron chi connectivity index (χ2n) is 8.33. The van der Waals surface area contributed by atoms with E-state index >= 15 is 0 Å². The Hall–Kier alpha value is -3.02. The van der Waals surface area contributed by atoms with Crippen molar-refractivity contribution >= 4 is 11.9 Å². The molecule has 186 valence electrons. The van der Waals surface area contributed by atoms with Crippen molar-refractivity contribution in [2.75, 3.05) is 13.2 Å². The number of carbonyl (C=O) groups is 2. The first-order chi connectivity index (χ1) is 16.5. The van der Waals surface area contributed by atoms with E-state index in [4.69, 9.17) is 19.3 Å². The van der Waals surface area contributed by atoms with Crippen molar-refractivity contribution < 1.29 is 28.9 Å². The van der Waals surface area contributed by atoms with Crippen LogP contribution in [0.1, 0.15) is 87.6 Å². The maximum absolute atomic E-state index is 11.8. The topological polar surface area (TPSA) is 82.1 Å². The summed E-state index contributed by atoms with van der Waals surface area (Å²) < 4.78 is 17.0. The van der Waals surface area contributed by atoms with Crippen molar-refractivity contribution in [2.45, 2.75) is 78.1 Å². The summed E-state index contributed by atoms with van der Waals surface area (Å²) in [4.78, 5) is 22.8. The van der Waals surface area contributed by atoms with E-state index in [-0.39, 0.29) is 12.4 Å². The van der Waals surface area contributed by atoms with Gasteiger partial charge in [0, 0.05) is 12.5 Å². The SMILES string of the molecule is CCCCCCCCCCOc1cc(Oc2ccc(C(=O)OCC)cc2)ccc1CCC(=O)O. The first kappa shape index (κ1) is 27.2. The zero-order valence-corrected chi connectivity index (χ0v) is 20.5. The van der Waals surface area contributed by atoms with E-state index in [2.05, 4.69) is 6.92 Å². The predicted octanol–water partition coefficient (Wildman–Crippen LogP) is 7.19. The van der Waals surface area contributed by atoms with Crippen LogP contribution in [-0.4, -0.2) is 30.3 Å². The monoisotopic (exact) mass is 470 g/mol. The molecule has 0 heterocycles. The van der Waals surface area contributed by atoms with Crippen LogP contribution in [-0.2, 0) is 16.0 Å². The highest BCUT2D eigenvalue weighted by Crippen LogP contribution is 2.30. The lowest BCUT2D eigenvalue weighted by Gasteiger charge is -2.14. The minimum Gasteiger partial charge on any atom is -0.493 e. The second-order valence-corrected chi connectivity index (χ2v) is 8.33. The van der Waals surface area contributed by atoms with Crippen LogP contribution in [0.25, 0.3) is 0 Å². The number of aliphatic carboxylic acids is 1. The van der Waals surface area contributed by atoms with Crippen molar-refractivity contribution in [1.29, 1.82) is 0 Å². The zero-order chi connectivity index (χ0) is 24.6. The Morgan fingerprint density at radius 3 is 2.12 bits per heavy atom. The number of carbonyl (C=O) groups excluding carboxylic acids is 1. The highest BCUT2D eigenvalue weighted by molar-refractivity contribution is 5.89. The molecule has 0 saturated heterocycles. The minimum absolute atomic E-state index is 0.0453. The summed E-state index contributed by atoms with van der Waals surface area (Å²) in [5, 5.41) is 9.06. The molecule has 6 heteroatoms. The average Bonchev–Trinajstić information content (AvgIpc) is 2.83. The number of hydrogen-bond acceptors (Lipinski definition) is 5. The molecule has 0 amide bonds. The van der Waals surface area contributed by atoms with Gasteiger partial charge in [0.2, 0.25) is 0 Å². The van der Waals surface area contributed by atoms with Crippen LogP contribution in [0.3, 0.4) is 0 Å². The molecule has 0 fully saturated rings. The Labute approximate surface area is 203 Å². The second kappa shape index (κ2) is 15.8. The molecule has 0 radical (unpaired) electrons. The first-order valence-corrected chi connectivity index (χ1v) is 12.5. The third kappa shape index (κ3) is 10.3. The molecule has 2 aromatic rings. The van der Waals surface area contributed by atoms with E-state index < -0.39 is 5.97 Å². The van der Waals surface area contributed by atoms with Gasteiger partial charge in [-0.2, -0.15) is 0 Å². The first-order valence-electron chi connectivity index (χ1n) is 12.5. The molecule has 0 aliphatic heterocycles. The van der Waals surface area contributed by atoms with E-state index in [1.807, 2.05) is 6.07 Å². The van der Waals surface area contributed by atoms with Crippen LogP contribution in [0.4, 0.5) is 0 Å². The molecule has 0 bridgehead atoms. The Morgan fingerprint density at radius 2 is 1.47 bits per heavy atom. The Bertz CT molecular complexity index is 875. The van der Waals surface area contributed by atoms with Crippen molar-refractivity contribution in [1.82, 2.24) is 0 Å². The fourth-order valence-corrected chi connectivity index (χ4v) is 3.61. The van der Waals surface area contributed by atoms with E-state index in [1.54, 1.807) is 43.3 Å². The van der Waals surface area contributed by atoms with Crippen molar-refractivity contribution in [2.24, 2.45) is 0 Å². The molecular weight excluding hydrogens is 432 g/mol. The van der Waals surface area contributed by atoms with Crippen LogP contribution in [0, 0.1) is 0 Å². The maximum Gasteiger partial charge on any atom is 0.338 e. The van der Waals surface area contributed by atoms with Gasteiger partial charge in [-0.15, -0.1) is 0 Å². The van der Waals surface area contributed by atoms with E-state index in [0.29, 0.717) is 42.4 Å². The van der Waals surface area contributed by atoms with E-state index in [0.717, 1.165) is 18.4 Å². The summed E-state index contributed by atoms with van der Waals surface area (Å²) in [5.74, 6) is 0.628. The lowest BCUT2D eigenvalue weighted by atomic mass is 10.1. The molecule has 0 aromatic heterocycles. The van der Waals surface area contributed by atoms with Gasteiger partial charge in [-0.05, 0) is 55.7 Å². The third-order valence-electron chi connectivity index (χ3n) is 5.50. The Balaban J connectivity index is 1.94.